The van der Waals surface area contributed by atoms with Crippen LogP contribution < -0.4 is 5.73 Å². The molecule has 0 fully saturated rings. The van der Waals surface area contributed by atoms with Crippen molar-refractivity contribution >= 4 is 11.6 Å². The Morgan fingerprint density at radius 1 is 1.29 bits per heavy atom. The minimum Gasteiger partial charge on any atom is -0.326 e. The van der Waals surface area contributed by atoms with Gasteiger partial charge in [-0.3, -0.25) is 0 Å². The lowest BCUT2D eigenvalue weighted by molar-refractivity contribution is -0.137. The summed E-state index contributed by atoms with van der Waals surface area (Å²) in [4.78, 5) is 0. The molecule has 0 unspecified atom stereocenters. The quantitative estimate of drug-likeness (QED) is 0.734. The minimum atomic E-state index is -4.60. The van der Waals surface area contributed by atoms with Gasteiger partial charge in [-0.25, -0.2) is 4.39 Å². The van der Waals surface area contributed by atoms with E-state index in [0.717, 1.165) is 0 Å². The fraction of sp³-hybridized carbons (Fsp3) is 0.250. The molecule has 6 heteroatoms. The van der Waals surface area contributed by atoms with Gasteiger partial charge in [-0.05, 0) is 12.1 Å². The Morgan fingerprint density at radius 3 is 2.21 bits per heavy atom. The molecule has 0 atom stereocenters. The average molecular weight is 228 g/mol. The van der Waals surface area contributed by atoms with E-state index in [9.17, 15) is 17.6 Å². The Balaban J connectivity index is 3.28. The first-order valence-corrected chi connectivity index (χ1v) is 3.99. The van der Waals surface area contributed by atoms with Crippen molar-refractivity contribution in [3.8, 4) is 0 Å². The van der Waals surface area contributed by atoms with E-state index in [-0.39, 0.29) is 17.1 Å². The number of rotatable bonds is 1. The van der Waals surface area contributed by atoms with E-state index in [4.69, 9.17) is 17.3 Å². The number of hydrogen-bond acceptors (Lipinski definition) is 1. The Morgan fingerprint density at radius 2 is 1.86 bits per heavy atom. The highest BCUT2D eigenvalue weighted by molar-refractivity contribution is 6.31. The summed E-state index contributed by atoms with van der Waals surface area (Å²) in [7, 11) is 0. The highest BCUT2D eigenvalue weighted by Crippen LogP contribution is 2.33. The van der Waals surface area contributed by atoms with Crippen molar-refractivity contribution in [1.82, 2.24) is 0 Å². The van der Waals surface area contributed by atoms with Gasteiger partial charge in [0.05, 0.1) is 5.56 Å². The van der Waals surface area contributed by atoms with Gasteiger partial charge in [-0.2, -0.15) is 13.2 Å². The second-order valence-electron chi connectivity index (χ2n) is 2.62. The Hall–Kier alpha value is -0.810. The first kappa shape index (κ1) is 11.3. The Labute approximate surface area is 82.5 Å². The first-order valence-electron chi connectivity index (χ1n) is 3.61. The topological polar surface area (TPSA) is 26.0 Å². The molecule has 0 saturated heterocycles. The van der Waals surface area contributed by atoms with E-state index in [0.29, 0.717) is 12.1 Å². The van der Waals surface area contributed by atoms with Crippen LogP contribution in [0.15, 0.2) is 12.1 Å². The van der Waals surface area contributed by atoms with Gasteiger partial charge >= 0.3 is 6.18 Å². The second kappa shape index (κ2) is 3.74. The van der Waals surface area contributed by atoms with Gasteiger partial charge in [-0.1, -0.05) is 11.6 Å². The molecule has 0 radical (unpaired) electrons. The lowest BCUT2D eigenvalue weighted by atomic mass is 10.1. The van der Waals surface area contributed by atoms with Crippen LogP contribution in [0.5, 0.6) is 0 Å². The maximum Gasteiger partial charge on any atom is 0.416 e. The summed E-state index contributed by atoms with van der Waals surface area (Å²) in [6, 6.07) is 1.04. The lowest BCUT2D eigenvalue weighted by Gasteiger charge is -2.09. The predicted octanol–water partition coefficient (Wildman–Crippen LogP) is 2.96. The van der Waals surface area contributed by atoms with Crippen molar-refractivity contribution in [3.05, 3.63) is 34.1 Å². The van der Waals surface area contributed by atoms with Crippen LogP contribution >= 0.6 is 11.6 Å². The molecule has 0 amide bonds. The van der Waals surface area contributed by atoms with Gasteiger partial charge in [-0.15, -0.1) is 0 Å². The maximum absolute atomic E-state index is 13.0. The van der Waals surface area contributed by atoms with Crippen LogP contribution in [0, 0.1) is 5.82 Å². The molecule has 0 saturated carbocycles. The molecule has 14 heavy (non-hydrogen) atoms. The third-order valence-corrected chi connectivity index (χ3v) is 2.01. The fourth-order valence-corrected chi connectivity index (χ4v) is 1.25. The molecule has 0 aliphatic rings. The van der Waals surface area contributed by atoms with E-state index in [1.165, 1.54) is 0 Å². The molecule has 0 aliphatic carbocycles. The zero-order chi connectivity index (χ0) is 10.9. The third-order valence-electron chi connectivity index (χ3n) is 1.67. The summed E-state index contributed by atoms with van der Waals surface area (Å²) in [5, 5.41) is -0.306. The molecule has 0 spiro atoms. The zero-order valence-corrected chi connectivity index (χ0v) is 7.58. The number of alkyl halides is 3. The molecule has 1 aromatic rings. The molecular weight excluding hydrogens is 222 g/mol. The van der Waals surface area contributed by atoms with Crippen LogP contribution in [0.1, 0.15) is 11.1 Å². The van der Waals surface area contributed by atoms with Gasteiger partial charge in [0.15, 0.2) is 0 Å². The van der Waals surface area contributed by atoms with Crippen LogP contribution in [0.25, 0.3) is 0 Å². The molecule has 78 valence electrons. The summed E-state index contributed by atoms with van der Waals surface area (Å²) in [5.74, 6) is -1.03. The summed E-state index contributed by atoms with van der Waals surface area (Å²) in [6.07, 6.45) is -4.60. The molecule has 0 aromatic heterocycles. The van der Waals surface area contributed by atoms with Gasteiger partial charge < -0.3 is 5.73 Å². The standard InChI is InChI=1S/C8H6ClF4N/c9-6-1-4(8(11,12)13)2-7(10)5(6)3-14/h1-2H,3,14H2. The van der Waals surface area contributed by atoms with Gasteiger partial charge in [0, 0.05) is 17.1 Å². The van der Waals surface area contributed by atoms with Crippen molar-refractivity contribution in [2.24, 2.45) is 5.73 Å². The molecule has 1 aromatic carbocycles. The summed E-state index contributed by atoms with van der Waals surface area (Å²) in [6.45, 7) is -0.233. The number of hydrogen-bond donors (Lipinski definition) is 1. The Bertz CT molecular complexity index is 325. The van der Waals surface area contributed by atoms with Crippen molar-refractivity contribution < 1.29 is 17.6 Å². The van der Waals surface area contributed by atoms with E-state index in [1.807, 2.05) is 0 Å². The molecular formula is C8H6ClF4N. The van der Waals surface area contributed by atoms with E-state index in [1.54, 1.807) is 0 Å². The van der Waals surface area contributed by atoms with Crippen molar-refractivity contribution in [2.45, 2.75) is 12.7 Å². The van der Waals surface area contributed by atoms with E-state index >= 15 is 0 Å². The predicted molar refractivity (Wildman–Crippen MR) is 44.3 cm³/mol. The maximum atomic E-state index is 13.0. The van der Waals surface area contributed by atoms with Crippen molar-refractivity contribution in [2.75, 3.05) is 0 Å². The summed E-state index contributed by atoms with van der Waals surface area (Å²) < 4.78 is 49.4. The van der Waals surface area contributed by atoms with Crippen LogP contribution in [0.4, 0.5) is 17.6 Å². The first-order chi connectivity index (χ1) is 6.36. The van der Waals surface area contributed by atoms with Crippen LogP contribution in [0.2, 0.25) is 5.02 Å². The van der Waals surface area contributed by atoms with Gasteiger partial charge in [0.2, 0.25) is 0 Å². The Kier molecular flexibility index (Phi) is 3.01. The minimum absolute atomic E-state index is 0.111. The molecule has 1 rings (SSSR count). The lowest BCUT2D eigenvalue weighted by Crippen LogP contribution is -2.08. The fourth-order valence-electron chi connectivity index (χ4n) is 0.962. The monoisotopic (exact) mass is 227 g/mol. The highest BCUT2D eigenvalue weighted by atomic mass is 35.5. The van der Waals surface area contributed by atoms with Crippen LogP contribution in [-0.2, 0) is 12.7 Å². The second-order valence-corrected chi connectivity index (χ2v) is 3.03. The number of nitrogens with two attached hydrogens (primary N) is 1. The SMILES string of the molecule is NCc1c(F)cc(C(F)(F)F)cc1Cl. The average Bonchev–Trinajstić information content (AvgIpc) is 2.01. The normalized spacial score (nSPS) is 11.9. The third kappa shape index (κ3) is 2.16. The molecule has 0 bridgehead atoms. The van der Waals surface area contributed by atoms with Crippen LogP contribution in [0.3, 0.4) is 0 Å². The van der Waals surface area contributed by atoms with Gasteiger partial charge in [0.1, 0.15) is 5.82 Å². The molecule has 0 heterocycles. The molecule has 2 N–H and O–H groups in total. The summed E-state index contributed by atoms with van der Waals surface area (Å²) in [5.41, 5.74) is 3.88. The van der Waals surface area contributed by atoms with Crippen molar-refractivity contribution in [3.63, 3.8) is 0 Å². The van der Waals surface area contributed by atoms with E-state index in [2.05, 4.69) is 0 Å². The zero-order valence-electron chi connectivity index (χ0n) is 6.83. The van der Waals surface area contributed by atoms with Crippen LogP contribution in [-0.4, -0.2) is 0 Å². The number of benzene rings is 1. The van der Waals surface area contributed by atoms with E-state index < -0.39 is 17.6 Å². The smallest absolute Gasteiger partial charge is 0.326 e. The molecule has 0 aliphatic heterocycles. The largest absolute Gasteiger partial charge is 0.416 e. The summed E-state index contributed by atoms with van der Waals surface area (Å²) >= 11 is 5.42. The van der Waals surface area contributed by atoms with Gasteiger partial charge in [0.25, 0.3) is 0 Å². The molecule has 1 nitrogen and oxygen atoms in total. The number of halogens is 5. The highest BCUT2D eigenvalue weighted by Gasteiger charge is 2.32. The van der Waals surface area contributed by atoms with Crippen molar-refractivity contribution in [1.29, 1.82) is 0 Å².